The number of aromatic nitrogens is 5. The van der Waals surface area contributed by atoms with E-state index < -0.39 is 41.8 Å². The number of aryl methyl sites for hydroxylation is 1. The Morgan fingerprint density at radius 1 is 0.861 bits per heavy atom. The molecule has 0 unspecified atom stereocenters. The first-order chi connectivity index (χ1) is 34.7. The highest BCUT2D eigenvalue weighted by Crippen LogP contribution is 2.39. The fourth-order valence-corrected chi connectivity index (χ4v) is 8.44. The Morgan fingerprint density at radius 2 is 1.65 bits per heavy atom. The van der Waals surface area contributed by atoms with Gasteiger partial charge in [0.05, 0.1) is 18.4 Å². The van der Waals surface area contributed by atoms with Crippen molar-refractivity contribution in [2.75, 3.05) is 25.0 Å². The van der Waals surface area contributed by atoms with Gasteiger partial charge in [-0.1, -0.05) is 44.5 Å². The summed E-state index contributed by atoms with van der Waals surface area (Å²) in [7, 11) is 0. The van der Waals surface area contributed by atoms with Crippen LogP contribution in [0.4, 0.5) is 19.7 Å². The Bertz CT molecular complexity index is 2770. The minimum Gasteiger partial charge on any atom is -0.445 e. The standard InChI is InChI=1S/C51H59FN12O8/c1-32(2)46(60-42(65)13-4-3-7-25-63-43(66)20-21-44(63)67)49(69)59-40(11-8-23-55-50(53)70)48(68)58-36-17-14-33(15-18-36)31-72-51(71)56-24-27-62-30-35(29-57-62)37-28-34(16-19-38(37)52)45-41-12-9-26-64(41)61-47(45)39-10-5-6-22-54-39/h5-6,10,14-22,28-30,32,40,46H,3-4,7-9,11-13,23-27,31H2,1-2H3,(H,56,71)(H,58,68)(H,59,69)(H,60,65)(H3,53,55,70)/t40-,46-/m0/s1. The zero-order valence-electron chi connectivity index (χ0n) is 40.2. The number of carbonyl (C=O) groups excluding carboxylic acids is 7. The third-order valence-corrected chi connectivity index (χ3v) is 12.2. The molecule has 3 aromatic heterocycles. The molecule has 0 fully saturated rings. The van der Waals surface area contributed by atoms with Gasteiger partial charge >= 0.3 is 12.1 Å². The Balaban J connectivity index is 0.864. The van der Waals surface area contributed by atoms with Crippen LogP contribution in [0.1, 0.15) is 70.1 Å². The number of nitrogens with zero attached hydrogens (tertiary/aromatic N) is 6. The number of halogens is 1. The van der Waals surface area contributed by atoms with Crippen molar-refractivity contribution in [3.8, 4) is 33.6 Å². The summed E-state index contributed by atoms with van der Waals surface area (Å²) < 4.78 is 24.4. The van der Waals surface area contributed by atoms with Gasteiger partial charge in [-0.25, -0.2) is 14.0 Å². The highest BCUT2D eigenvalue weighted by molar-refractivity contribution is 6.12. The number of anilines is 1. The molecule has 21 heteroatoms. The quantitative estimate of drug-likeness (QED) is 0.0355. The molecule has 0 spiro atoms. The van der Waals surface area contributed by atoms with E-state index in [2.05, 4.69) is 36.7 Å². The Labute approximate surface area is 415 Å². The first kappa shape index (κ1) is 51.6. The van der Waals surface area contributed by atoms with E-state index in [9.17, 15) is 33.6 Å². The number of amides is 8. The maximum absolute atomic E-state index is 15.4. The summed E-state index contributed by atoms with van der Waals surface area (Å²) in [5, 5.41) is 22.7. The number of alkyl carbamates (subject to hydrolysis) is 1. The number of hydrogen-bond acceptors (Lipinski definition) is 11. The number of ether oxygens (including phenoxy) is 1. The number of carbonyl (C=O) groups is 7. The van der Waals surface area contributed by atoms with Crippen LogP contribution < -0.4 is 32.3 Å². The summed E-state index contributed by atoms with van der Waals surface area (Å²) in [6.07, 6.45) is 10.8. The Morgan fingerprint density at radius 3 is 2.39 bits per heavy atom. The largest absolute Gasteiger partial charge is 0.445 e. The minimum atomic E-state index is -1.05. The van der Waals surface area contributed by atoms with Crippen molar-refractivity contribution < 1.29 is 42.7 Å². The first-order valence-corrected chi connectivity index (χ1v) is 24.0. The summed E-state index contributed by atoms with van der Waals surface area (Å²) in [5.41, 5.74) is 11.6. The summed E-state index contributed by atoms with van der Waals surface area (Å²) in [5.74, 6) is -2.92. The van der Waals surface area contributed by atoms with Crippen molar-refractivity contribution in [2.45, 2.75) is 97.0 Å². The molecule has 7 N–H and O–H groups in total. The van der Waals surface area contributed by atoms with Gasteiger partial charge < -0.3 is 37.1 Å². The lowest BCUT2D eigenvalue weighted by atomic mass is 9.96. The number of hydrogen-bond donors (Lipinski definition) is 6. The van der Waals surface area contributed by atoms with Gasteiger partial charge in [-0.3, -0.25) is 43.2 Å². The fraction of sp³-hybridized carbons (Fsp3) is 0.373. The highest BCUT2D eigenvalue weighted by atomic mass is 19.1. The summed E-state index contributed by atoms with van der Waals surface area (Å²) >= 11 is 0. The molecule has 2 aromatic carbocycles. The lowest BCUT2D eigenvalue weighted by Gasteiger charge is -2.25. The number of primary amides is 1. The van der Waals surface area contributed by atoms with Crippen LogP contribution in [0, 0.1) is 11.7 Å². The number of unbranched alkanes of at least 4 members (excludes halogenated alkanes) is 2. The summed E-state index contributed by atoms with van der Waals surface area (Å²) in [6, 6.07) is 14.5. The molecule has 0 bridgehead atoms. The first-order valence-electron chi connectivity index (χ1n) is 24.0. The van der Waals surface area contributed by atoms with Gasteiger partial charge in [0.25, 0.3) is 11.8 Å². The molecular weight excluding hydrogens is 928 g/mol. The lowest BCUT2D eigenvalue weighted by Crippen LogP contribution is -2.54. The fourth-order valence-electron chi connectivity index (χ4n) is 8.44. The van der Waals surface area contributed by atoms with Gasteiger partial charge in [0.1, 0.15) is 30.2 Å². The molecule has 8 amide bonds. The number of nitrogens with two attached hydrogens (primary N) is 1. The number of benzene rings is 2. The lowest BCUT2D eigenvalue weighted by molar-refractivity contribution is -0.137. The Hall–Kier alpha value is -8.23. The van der Waals surface area contributed by atoms with Gasteiger partial charge in [0.15, 0.2) is 0 Å². The van der Waals surface area contributed by atoms with Crippen LogP contribution in [-0.2, 0) is 54.8 Å². The van der Waals surface area contributed by atoms with E-state index in [0.29, 0.717) is 48.1 Å². The number of fused-ring (bicyclic) bond motifs is 1. The number of urea groups is 1. The molecular formula is C51H59FN12O8. The van der Waals surface area contributed by atoms with Crippen molar-refractivity contribution >= 4 is 47.3 Å². The van der Waals surface area contributed by atoms with Gasteiger partial charge in [0, 0.05) is 85.2 Å². The molecule has 7 rings (SSSR count). The Kier molecular flexibility index (Phi) is 17.6. The third-order valence-electron chi connectivity index (χ3n) is 12.2. The van der Waals surface area contributed by atoms with Crippen LogP contribution in [0.25, 0.3) is 33.6 Å². The average molecular weight is 987 g/mol. The predicted octanol–water partition coefficient (Wildman–Crippen LogP) is 4.99. The van der Waals surface area contributed by atoms with E-state index in [1.54, 1.807) is 67.5 Å². The predicted molar refractivity (Wildman–Crippen MR) is 264 cm³/mol. The maximum atomic E-state index is 15.4. The van der Waals surface area contributed by atoms with Crippen molar-refractivity contribution in [1.29, 1.82) is 0 Å². The topological polar surface area (TPSA) is 267 Å². The van der Waals surface area contributed by atoms with E-state index in [1.807, 2.05) is 28.9 Å². The molecule has 378 valence electrons. The molecule has 0 saturated carbocycles. The number of imide groups is 1. The minimum absolute atomic E-state index is 0.0730. The second-order valence-electron chi connectivity index (χ2n) is 17.8. The normalized spacial score (nSPS) is 13.7. The molecule has 2 atom stereocenters. The van der Waals surface area contributed by atoms with Crippen molar-refractivity contribution in [1.82, 2.24) is 50.7 Å². The molecule has 72 heavy (non-hydrogen) atoms. The molecule has 5 aromatic rings. The summed E-state index contributed by atoms with van der Waals surface area (Å²) in [4.78, 5) is 93.1. The van der Waals surface area contributed by atoms with Crippen molar-refractivity contribution in [3.63, 3.8) is 0 Å². The molecule has 0 aliphatic carbocycles. The third kappa shape index (κ3) is 13.8. The molecule has 5 heterocycles. The van der Waals surface area contributed by atoms with Crippen molar-refractivity contribution in [3.05, 3.63) is 108 Å². The van der Waals surface area contributed by atoms with Crippen molar-refractivity contribution in [2.24, 2.45) is 11.7 Å². The van der Waals surface area contributed by atoms with Gasteiger partial charge in [-0.05, 0) is 92.0 Å². The second-order valence-corrected chi connectivity index (χ2v) is 17.8. The van der Waals surface area contributed by atoms with Crippen LogP contribution in [0.5, 0.6) is 0 Å². The molecule has 20 nitrogen and oxygen atoms in total. The molecule has 2 aliphatic heterocycles. The van der Waals surface area contributed by atoms with E-state index in [-0.39, 0.29) is 69.3 Å². The van der Waals surface area contributed by atoms with Crippen LogP contribution in [-0.4, -0.2) is 103 Å². The maximum Gasteiger partial charge on any atom is 0.407 e. The zero-order chi connectivity index (χ0) is 51.1. The number of rotatable bonds is 24. The van der Waals surface area contributed by atoms with Crippen LogP contribution >= 0.6 is 0 Å². The van der Waals surface area contributed by atoms with Crippen LogP contribution in [0.15, 0.2) is 91.4 Å². The van der Waals surface area contributed by atoms with Gasteiger partial charge in [-0.2, -0.15) is 10.2 Å². The number of nitrogens with one attached hydrogen (secondary N) is 5. The van der Waals surface area contributed by atoms with E-state index in [0.717, 1.165) is 52.5 Å². The zero-order valence-corrected chi connectivity index (χ0v) is 40.2. The highest BCUT2D eigenvalue weighted by Gasteiger charge is 2.30. The SMILES string of the molecule is CC(C)[C@H](NC(=O)CCCCCN1C(=O)C=CC1=O)C(=O)N[C@@H](CCCNC(N)=O)C(=O)Nc1ccc(COC(=O)NCCn2cc(-c3cc(-c4c(-c5ccccn5)nn5c4CCC5)ccc3F)cn2)cc1. The monoisotopic (exact) mass is 986 g/mol. The molecule has 0 saturated heterocycles. The van der Waals surface area contributed by atoms with Crippen LogP contribution in [0.2, 0.25) is 0 Å². The average Bonchev–Trinajstić information content (AvgIpc) is 4.17. The molecule has 0 radical (unpaired) electrons. The van der Waals surface area contributed by atoms with E-state index >= 15 is 4.39 Å². The molecule has 2 aliphatic rings. The van der Waals surface area contributed by atoms with E-state index in [4.69, 9.17) is 15.6 Å². The second kappa shape index (κ2) is 24.6. The van der Waals surface area contributed by atoms with Crippen LogP contribution in [0.3, 0.4) is 0 Å². The smallest absolute Gasteiger partial charge is 0.407 e. The number of pyridine rings is 1. The van der Waals surface area contributed by atoms with E-state index in [1.165, 1.54) is 18.2 Å². The van der Waals surface area contributed by atoms with Gasteiger partial charge in [0.2, 0.25) is 17.7 Å². The van der Waals surface area contributed by atoms with Gasteiger partial charge in [-0.15, -0.1) is 0 Å². The summed E-state index contributed by atoms with van der Waals surface area (Å²) in [6.45, 7) is 5.14.